The SMILES string of the molecule is N=C(CCN)c1ccc2[nH]nc(N)c2c1. The van der Waals surface area contributed by atoms with Crippen LogP contribution in [0.5, 0.6) is 0 Å². The van der Waals surface area contributed by atoms with Gasteiger partial charge in [-0.1, -0.05) is 6.07 Å². The lowest BCUT2D eigenvalue weighted by Crippen LogP contribution is -2.07. The fraction of sp³-hybridized carbons (Fsp3) is 0.200. The summed E-state index contributed by atoms with van der Waals surface area (Å²) in [5.41, 5.74) is 13.3. The van der Waals surface area contributed by atoms with Crippen LogP contribution in [-0.4, -0.2) is 22.5 Å². The van der Waals surface area contributed by atoms with Gasteiger partial charge in [-0.15, -0.1) is 0 Å². The van der Waals surface area contributed by atoms with Gasteiger partial charge in [-0.2, -0.15) is 5.10 Å². The van der Waals surface area contributed by atoms with Crippen LogP contribution >= 0.6 is 0 Å². The van der Waals surface area contributed by atoms with Gasteiger partial charge in [0.1, 0.15) is 0 Å². The molecule has 0 aliphatic heterocycles. The number of nitrogen functional groups attached to an aromatic ring is 1. The minimum atomic E-state index is 0.465. The summed E-state index contributed by atoms with van der Waals surface area (Å²) in [4.78, 5) is 0. The molecule has 0 spiro atoms. The fourth-order valence-electron chi connectivity index (χ4n) is 1.51. The molecule has 0 unspecified atom stereocenters. The zero-order valence-corrected chi connectivity index (χ0v) is 8.25. The molecule has 0 atom stereocenters. The average molecular weight is 203 g/mol. The molecule has 1 aromatic carbocycles. The van der Waals surface area contributed by atoms with Gasteiger partial charge in [0, 0.05) is 17.5 Å². The molecule has 0 saturated heterocycles. The van der Waals surface area contributed by atoms with Gasteiger partial charge in [0.05, 0.1) is 5.52 Å². The molecule has 1 heterocycles. The molecular weight excluding hydrogens is 190 g/mol. The van der Waals surface area contributed by atoms with Gasteiger partial charge < -0.3 is 16.9 Å². The Kier molecular flexibility index (Phi) is 2.39. The highest BCUT2D eigenvalue weighted by atomic mass is 15.1. The van der Waals surface area contributed by atoms with Crippen molar-refractivity contribution in [2.75, 3.05) is 12.3 Å². The first-order valence-electron chi connectivity index (χ1n) is 4.74. The van der Waals surface area contributed by atoms with E-state index in [-0.39, 0.29) is 0 Å². The number of nitrogens with one attached hydrogen (secondary N) is 2. The van der Waals surface area contributed by atoms with E-state index in [1.807, 2.05) is 18.2 Å². The Bertz CT molecular complexity index is 499. The summed E-state index contributed by atoms with van der Waals surface area (Å²) in [5.74, 6) is 0.465. The van der Waals surface area contributed by atoms with E-state index in [9.17, 15) is 0 Å². The Morgan fingerprint density at radius 1 is 1.47 bits per heavy atom. The smallest absolute Gasteiger partial charge is 0.153 e. The second-order valence-corrected chi connectivity index (χ2v) is 3.39. The standard InChI is InChI=1S/C10H13N5/c11-4-3-8(12)6-1-2-9-7(5-6)10(13)15-14-9/h1-2,5,12H,3-4,11H2,(H3,13,14,15). The number of nitrogens with zero attached hydrogens (tertiary/aromatic N) is 1. The van der Waals surface area contributed by atoms with E-state index in [0.717, 1.165) is 16.5 Å². The Hall–Kier alpha value is -1.88. The fourth-order valence-corrected chi connectivity index (χ4v) is 1.51. The number of hydrogen-bond acceptors (Lipinski definition) is 4. The maximum atomic E-state index is 7.78. The lowest BCUT2D eigenvalue weighted by Gasteiger charge is -2.02. The predicted octanol–water partition coefficient (Wildman–Crippen LogP) is 0.862. The topological polar surface area (TPSA) is 105 Å². The predicted molar refractivity (Wildman–Crippen MR) is 61.0 cm³/mol. The highest BCUT2D eigenvalue weighted by Crippen LogP contribution is 2.19. The van der Waals surface area contributed by atoms with Crippen LogP contribution < -0.4 is 11.5 Å². The van der Waals surface area contributed by atoms with Gasteiger partial charge in [-0.3, -0.25) is 5.10 Å². The molecule has 15 heavy (non-hydrogen) atoms. The second-order valence-electron chi connectivity index (χ2n) is 3.39. The van der Waals surface area contributed by atoms with Crippen molar-refractivity contribution in [3.63, 3.8) is 0 Å². The molecule has 0 amide bonds. The molecule has 2 aromatic rings. The van der Waals surface area contributed by atoms with E-state index >= 15 is 0 Å². The van der Waals surface area contributed by atoms with Crippen molar-refractivity contribution in [3.05, 3.63) is 23.8 Å². The summed E-state index contributed by atoms with van der Waals surface area (Å²) < 4.78 is 0. The van der Waals surface area contributed by atoms with Gasteiger partial charge in [0.25, 0.3) is 0 Å². The zero-order chi connectivity index (χ0) is 10.8. The summed E-state index contributed by atoms with van der Waals surface area (Å²) in [6, 6.07) is 5.61. The van der Waals surface area contributed by atoms with Crippen LogP contribution in [0.4, 0.5) is 5.82 Å². The van der Waals surface area contributed by atoms with Crippen LogP contribution in [0.1, 0.15) is 12.0 Å². The summed E-state index contributed by atoms with van der Waals surface area (Å²) in [7, 11) is 0. The Balaban J connectivity index is 2.45. The molecule has 0 radical (unpaired) electrons. The zero-order valence-electron chi connectivity index (χ0n) is 8.25. The first-order valence-corrected chi connectivity index (χ1v) is 4.74. The van der Waals surface area contributed by atoms with E-state index in [2.05, 4.69) is 10.2 Å². The largest absolute Gasteiger partial charge is 0.382 e. The van der Waals surface area contributed by atoms with E-state index in [0.29, 0.717) is 24.5 Å². The third-order valence-electron chi connectivity index (χ3n) is 2.34. The van der Waals surface area contributed by atoms with Crippen LogP contribution in [0, 0.1) is 5.41 Å². The first-order chi connectivity index (χ1) is 7.22. The number of aromatic amines is 1. The van der Waals surface area contributed by atoms with Crippen LogP contribution in [-0.2, 0) is 0 Å². The molecule has 6 N–H and O–H groups in total. The van der Waals surface area contributed by atoms with E-state index in [4.69, 9.17) is 16.9 Å². The number of nitrogens with two attached hydrogens (primary N) is 2. The normalized spacial score (nSPS) is 10.7. The molecule has 0 bridgehead atoms. The van der Waals surface area contributed by atoms with Gasteiger partial charge in [-0.25, -0.2) is 0 Å². The maximum Gasteiger partial charge on any atom is 0.153 e. The van der Waals surface area contributed by atoms with E-state index in [1.165, 1.54) is 0 Å². The van der Waals surface area contributed by atoms with Crippen LogP contribution in [0.3, 0.4) is 0 Å². The average Bonchev–Trinajstić information content (AvgIpc) is 2.60. The monoisotopic (exact) mass is 203 g/mol. The summed E-state index contributed by atoms with van der Waals surface area (Å²) in [6.45, 7) is 0.484. The summed E-state index contributed by atoms with van der Waals surface area (Å²) >= 11 is 0. The van der Waals surface area contributed by atoms with Crippen molar-refractivity contribution < 1.29 is 0 Å². The number of fused-ring (bicyclic) bond motifs is 1. The van der Waals surface area contributed by atoms with Crippen molar-refractivity contribution in [1.82, 2.24) is 10.2 Å². The molecule has 1 aromatic heterocycles. The number of rotatable bonds is 3. The van der Waals surface area contributed by atoms with Gasteiger partial charge >= 0.3 is 0 Å². The summed E-state index contributed by atoms with van der Waals surface area (Å²) in [6.07, 6.45) is 0.573. The molecule has 5 heteroatoms. The molecule has 5 nitrogen and oxygen atoms in total. The van der Waals surface area contributed by atoms with E-state index < -0.39 is 0 Å². The minimum Gasteiger partial charge on any atom is -0.382 e. The van der Waals surface area contributed by atoms with Crippen molar-refractivity contribution in [1.29, 1.82) is 5.41 Å². The lowest BCUT2D eigenvalue weighted by molar-refractivity contribution is 1.03. The number of anilines is 1. The second kappa shape index (κ2) is 3.70. The molecule has 0 saturated carbocycles. The number of benzene rings is 1. The lowest BCUT2D eigenvalue weighted by atomic mass is 10.1. The quantitative estimate of drug-likeness (QED) is 0.556. The highest BCUT2D eigenvalue weighted by molar-refractivity contribution is 6.02. The van der Waals surface area contributed by atoms with Crippen LogP contribution in [0.25, 0.3) is 10.9 Å². The molecule has 78 valence electrons. The number of H-pyrrole nitrogens is 1. The molecule has 0 aliphatic carbocycles. The molecular formula is C10H13N5. The van der Waals surface area contributed by atoms with Crippen molar-refractivity contribution >= 4 is 22.4 Å². The third-order valence-corrected chi connectivity index (χ3v) is 2.34. The Morgan fingerprint density at radius 3 is 3.00 bits per heavy atom. The van der Waals surface area contributed by atoms with E-state index in [1.54, 1.807) is 0 Å². The third kappa shape index (κ3) is 1.69. The van der Waals surface area contributed by atoms with Gasteiger partial charge in [0.2, 0.25) is 0 Å². The maximum absolute atomic E-state index is 7.78. The van der Waals surface area contributed by atoms with Gasteiger partial charge in [0.15, 0.2) is 5.82 Å². The Morgan fingerprint density at radius 2 is 2.27 bits per heavy atom. The number of aromatic nitrogens is 2. The van der Waals surface area contributed by atoms with Crippen molar-refractivity contribution in [3.8, 4) is 0 Å². The van der Waals surface area contributed by atoms with Gasteiger partial charge in [-0.05, 0) is 24.2 Å². The Labute approximate surface area is 87.0 Å². The van der Waals surface area contributed by atoms with Crippen molar-refractivity contribution in [2.45, 2.75) is 6.42 Å². The minimum absolute atomic E-state index is 0.465. The van der Waals surface area contributed by atoms with Crippen LogP contribution in [0.15, 0.2) is 18.2 Å². The summed E-state index contributed by atoms with van der Waals surface area (Å²) in [5, 5.41) is 15.3. The molecule has 2 rings (SSSR count). The van der Waals surface area contributed by atoms with Crippen molar-refractivity contribution in [2.24, 2.45) is 5.73 Å². The van der Waals surface area contributed by atoms with Crippen LogP contribution in [0.2, 0.25) is 0 Å². The number of hydrogen-bond donors (Lipinski definition) is 4. The molecule has 0 fully saturated rings. The highest BCUT2D eigenvalue weighted by Gasteiger charge is 2.05. The first kappa shape index (κ1) is 9.67. The molecule has 0 aliphatic rings.